The Morgan fingerprint density at radius 1 is 1.17 bits per heavy atom. The van der Waals surface area contributed by atoms with Crippen molar-refractivity contribution < 1.29 is 27.1 Å². The van der Waals surface area contributed by atoms with Crippen LogP contribution in [-0.4, -0.2) is 17.2 Å². The Morgan fingerprint density at radius 3 is 2.11 bits per heavy atom. The van der Waals surface area contributed by atoms with E-state index in [1.54, 1.807) is 0 Å². The van der Waals surface area contributed by atoms with Crippen molar-refractivity contribution in [3.63, 3.8) is 0 Å². The zero-order chi connectivity index (χ0) is 13.4. The van der Waals surface area contributed by atoms with Gasteiger partial charge in [-0.1, -0.05) is 15.9 Å². The van der Waals surface area contributed by atoms with Crippen molar-refractivity contribution in [1.82, 2.24) is 0 Å². The van der Waals surface area contributed by atoms with Crippen LogP contribution in [-0.2, 0) is 0 Å². The number of rotatable bonds is 2. The normalized spacial score (nSPS) is 13.9. The minimum absolute atomic E-state index is 0. The number of nitrogens with two attached hydrogens (primary N) is 1. The fraction of sp³-hybridized carbons (Fsp3) is 0.333. The monoisotopic (exact) mass is 355 g/mol. The topological polar surface area (TPSA) is 46.2 Å². The van der Waals surface area contributed by atoms with Crippen LogP contribution in [0.15, 0.2) is 22.7 Å². The SMILES string of the molecule is Cl.N[C@@H](c1cc(O)ccc1Br)C(F)(F)C(F)(F)F. The van der Waals surface area contributed by atoms with E-state index in [0.717, 1.165) is 18.2 Å². The van der Waals surface area contributed by atoms with Gasteiger partial charge in [0.1, 0.15) is 11.8 Å². The van der Waals surface area contributed by atoms with Crippen LogP contribution in [0.1, 0.15) is 11.6 Å². The molecule has 9 heteroatoms. The maximum absolute atomic E-state index is 13.0. The van der Waals surface area contributed by atoms with Crippen molar-refractivity contribution >= 4 is 28.3 Å². The number of aromatic hydroxyl groups is 1. The highest BCUT2D eigenvalue weighted by Crippen LogP contribution is 2.45. The minimum Gasteiger partial charge on any atom is -0.508 e. The molecule has 0 bridgehead atoms. The number of alkyl halides is 5. The van der Waals surface area contributed by atoms with E-state index in [-0.39, 0.29) is 16.9 Å². The number of hydrogen-bond donors (Lipinski definition) is 2. The van der Waals surface area contributed by atoms with Gasteiger partial charge in [0.05, 0.1) is 0 Å². The van der Waals surface area contributed by atoms with Crippen molar-refractivity contribution in [1.29, 1.82) is 0 Å². The van der Waals surface area contributed by atoms with Gasteiger partial charge in [-0.25, -0.2) is 0 Å². The largest absolute Gasteiger partial charge is 0.508 e. The lowest BCUT2D eigenvalue weighted by Crippen LogP contribution is -2.45. The molecule has 0 fully saturated rings. The predicted octanol–water partition coefficient (Wildman–Crippen LogP) is 3.77. The average molecular weight is 357 g/mol. The summed E-state index contributed by atoms with van der Waals surface area (Å²) in [6, 6.07) is 0.432. The molecule has 2 nitrogen and oxygen atoms in total. The van der Waals surface area contributed by atoms with Crippen LogP contribution in [0, 0.1) is 0 Å². The van der Waals surface area contributed by atoms with Gasteiger partial charge in [0.2, 0.25) is 0 Å². The molecular formula is C9H8BrClF5NO. The van der Waals surface area contributed by atoms with Crippen LogP contribution in [0.5, 0.6) is 5.75 Å². The number of hydrogen-bond acceptors (Lipinski definition) is 2. The Labute approximate surface area is 114 Å². The standard InChI is InChI=1S/C9H7BrF5NO.ClH/c10-6-2-1-4(17)3-5(6)7(16)8(11,12)9(13,14)15;/h1-3,7,17H,16H2;1H/t7-;/m0./s1. The van der Waals surface area contributed by atoms with Gasteiger partial charge < -0.3 is 10.8 Å². The molecule has 0 saturated heterocycles. The second kappa shape index (κ2) is 5.58. The highest BCUT2D eigenvalue weighted by molar-refractivity contribution is 9.10. The van der Waals surface area contributed by atoms with Gasteiger partial charge in [0.15, 0.2) is 0 Å². The maximum atomic E-state index is 13.0. The van der Waals surface area contributed by atoms with Crippen molar-refractivity contribution in [3.8, 4) is 5.75 Å². The first kappa shape index (κ1) is 17.4. The molecule has 0 spiro atoms. The van der Waals surface area contributed by atoms with Gasteiger partial charge in [-0.15, -0.1) is 12.4 Å². The number of halogens is 7. The van der Waals surface area contributed by atoms with Gasteiger partial charge >= 0.3 is 12.1 Å². The van der Waals surface area contributed by atoms with Crippen LogP contribution in [0.2, 0.25) is 0 Å². The lowest BCUT2D eigenvalue weighted by Gasteiger charge is -2.26. The third-order valence-corrected chi connectivity index (χ3v) is 2.81. The summed E-state index contributed by atoms with van der Waals surface area (Å²) in [7, 11) is 0. The Kier molecular flexibility index (Phi) is 5.39. The zero-order valence-electron chi connectivity index (χ0n) is 8.51. The number of phenols is 1. The highest BCUT2D eigenvalue weighted by Gasteiger charge is 2.62. The fourth-order valence-corrected chi connectivity index (χ4v) is 1.63. The fourth-order valence-electron chi connectivity index (χ4n) is 1.14. The summed E-state index contributed by atoms with van der Waals surface area (Å²) in [5, 5.41) is 9.05. The summed E-state index contributed by atoms with van der Waals surface area (Å²) in [5.41, 5.74) is 4.40. The third-order valence-electron chi connectivity index (χ3n) is 2.08. The van der Waals surface area contributed by atoms with Crippen LogP contribution < -0.4 is 5.73 Å². The second-order valence-electron chi connectivity index (χ2n) is 3.30. The molecule has 0 saturated carbocycles. The van der Waals surface area contributed by atoms with E-state index in [1.807, 2.05) is 0 Å². The van der Waals surface area contributed by atoms with E-state index in [1.165, 1.54) is 0 Å². The van der Waals surface area contributed by atoms with Crippen LogP contribution in [0.4, 0.5) is 22.0 Å². The molecule has 0 radical (unpaired) electrons. The molecule has 3 N–H and O–H groups in total. The molecule has 0 aliphatic carbocycles. The van der Waals surface area contributed by atoms with E-state index in [4.69, 9.17) is 10.8 Å². The van der Waals surface area contributed by atoms with Crippen molar-refractivity contribution in [2.24, 2.45) is 5.73 Å². The lowest BCUT2D eigenvalue weighted by molar-refractivity contribution is -0.291. The molecule has 0 unspecified atom stereocenters. The zero-order valence-corrected chi connectivity index (χ0v) is 10.9. The molecule has 1 atom stereocenters. The second-order valence-corrected chi connectivity index (χ2v) is 4.16. The summed E-state index contributed by atoms with van der Waals surface area (Å²) in [4.78, 5) is 0. The molecule has 0 amide bonds. The summed E-state index contributed by atoms with van der Waals surface area (Å²) < 4.78 is 62.2. The van der Waals surface area contributed by atoms with Crippen LogP contribution >= 0.6 is 28.3 Å². The molecule has 1 aromatic carbocycles. The summed E-state index contributed by atoms with van der Waals surface area (Å²) in [5.74, 6) is -5.53. The van der Waals surface area contributed by atoms with E-state index in [2.05, 4.69) is 15.9 Å². The Morgan fingerprint density at radius 2 is 1.67 bits per heavy atom. The quantitative estimate of drug-likeness (QED) is 0.792. The van der Waals surface area contributed by atoms with Gasteiger partial charge in [0, 0.05) is 4.47 Å². The first-order valence-corrected chi connectivity index (χ1v) is 5.05. The van der Waals surface area contributed by atoms with Gasteiger partial charge in [-0.2, -0.15) is 22.0 Å². The smallest absolute Gasteiger partial charge is 0.455 e. The predicted molar refractivity (Wildman–Crippen MR) is 61.0 cm³/mol. The van der Waals surface area contributed by atoms with Crippen LogP contribution in [0.3, 0.4) is 0 Å². The van der Waals surface area contributed by atoms with Crippen molar-refractivity contribution in [3.05, 3.63) is 28.2 Å². The molecule has 0 aliphatic heterocycles. The Hall–Kier alpha value is -0.600. The van der Waals surface area contributed by atoms with Crippen molar-refractivity contribution in [2.75, 3.05) is 0 Å². The molecule has 0 aromatic heterocycles. The number of phenolic OH excluding ortho intramolecular Hbond substituents is 1. The van der Waals surface area contributed by atoms with Gasteiger partial charge in [-0.05, 0) is 23.8 Å². The van der Waals surface area contributed by atoms with Crippen molar-refractivity contribution in [2.45, 2.75) is 18.1 Å². The molecule has 1 aromatic rings. The van der Waals surface area contributed by atoms with E-state index in [9.17, 15) is 22.0 Å². The van der Waals surface area contributed by atoms with E-state index < -0.39 is 29.5 Å². The molecule has 0 heterocycles. The van der Waals surface area contributed by atoms with E-state index in [0.29, 0.717) is 0 Å². The molecular weight excluding hydrogens is 348 g/mol. The molecule has 104 valence electrons. The average Bonchev–Trinajstić information content (AvgIpc) is 2.19. The summed E-state index contributed by atoms with van der Waals surface area (Å²) in [6.45, 7) is 0. The highest BCUT2D eigenvalue weighted by atomic mass is 79.9. The maximum Gasteiger partial charge on any atom is 0.455 e. The number of benzene rings is 1. The first-order chi connectivity index (χ1) is 7.57. The molecule has 0 aliphatic rings. The van der Waals surface area contributed by atoms with Gasteiger partial charge in [0.25, 0.3) is 0 Å². The summed E-state index contributed by atoms with van der Waals surface area (Å²) >= 11 is 2.80. The summed E-state index contributed by atoms with van der Waals surface area (Å²) in [6.07, 6.45) is -5.75. The lowest BCUT2D eigenvalue weighted by atomic mass is 10.0. The van der Waals surface area contributed by atoms with Crippen LogP contribution in [0.25, 0.3) is 0 Å². The Bertz CT molecular complexity index is 426. The molecule has 1 rings (SSSR count). The third kappa shape index (κ3) is 3.24. The van der Waals surface area contributed by atoms with Gasteiger partial charge in [-0.3, -0.25) is 0 Å². The Balaban J connectivity index is 0.00000289. The van der Waals surface area contributed by atoms with E-state index >= 15 is 0 Å². The minimum atomic E-state index is -5.75. The molecule has 18 heavy (non-hydrogen) atoms. The first-order valence-electron chi connectivity index (χ1n) is 4.26.